The van der Waals surface area contributed by atoms with E-state index in [0.717, 1.165) is 0 Å². The molecule has 0 atom stereocenters. The summed E-state index contributed by atoms with van der Waals surface area (Å²) in [6.45, 7) is 5.07. The minimum Gasteiger partial charge on any atom is -0.294 e. The van der Waals surface area contributed by atoms with E-state index < -0.39 is 10.5 Å². The summed E-state index contributed by atoms with van der Waals surface area (Å²) in [4.78, 5) is 15.3. The fraction of sp³-hybridized carbons (Fsp3) is 0.400. The Morgan fingerprint density at radius 3 is 2.53 bits per heavy atom. The lowest BCUT2D eigenvalue weighted by Gasteiger charge is -2.22. The lowest BCUT2D eigenvalue weighted by atomic mass is 9.94. The van der Waals surface area contributed by atoms with Crippen LogP contribution >= 0.6 is 0 Å². The lowest BCUT2D eigenvalue weighted by molar-refractivity contribution is -0.387. The summed E-state index contributed by atoms with van der Waals surface area (Å²) in [6, 6.07) is 5.09. The largest absolute Gasteiger partial charge is 0.294 e. The van der Waals surface area contributed by atoms with Crippen molar-refractivity contribution in [3.8, 4) is 0 Å². The molecule has 0 fully saturated rings. The molecule has 15 heavy (non-hydrogen) atoms. The Balaban J connectivity index is 3.42. The predicted octanol–water partition coefficient (Wildman–Crippen LogP) is 2.03. The van der Waals surface area contributed by atoms with Crippen LogP contribution in [-0.4, -0.2) is 4.92 Å². The maximum atomic E-state index is 10.9. The maximum Gasteiger partial charge on any atom is 0.278 e. The quantitative estimate of drug-likeness (QED) is 0.611. The summed E-state index contributed by atoms with van der Waals surface area (Å²) < 4.78 is 0. The van der Waals surface area contributed by atoms with Crippen LogP contribution in [0.25, 0.3) is 0 Å². The molecule has 2 N–H and O–H groups in total. The van der Waals surface area contributed by atoms with Crippen molar-refractivity contribution in [2.24, 2.45) is 5.90 Å². The van der Waals surface area contributed by atoms with Crippen LogP contribution in [0.15, 0.2) is 18.2 Å². The van der Waals surface area contributed by atoms with Crippen molar-refractivity contribution in [3.63, 3.8) is 0 Å². The summed E-state index contributed by atoms with van der Waals surface area (Å²) in [6.07, 6.45) is 0. The maximum absolute atomic E-state index is 10.9. The van der Waals surface area contributed by atoms with E-state index in [1.807, 2.05) is 0 Å². The van der Waals surface area contributed by atoms with Crippen molar-refractivity contribution in [2.75, 3.05) is 0 Å². The molecular weight excluding hydrogens is 196 g/mol. The molecule has 1 aromatic carbocycles. The summed E-state index contributed by atoms with van der Waals surface area (Å²) in [5, 5.41) is 10.9. The first-order valence-electron chi connectivity index (χ1n) is 4.52. The van der Waals surface area contributed by atoms with Crippen LogP contribution < -0.4 is 5.90 Å². The van der Waals surface area contributed by atoms with Gasteiger partial charge in [0.1, 0.15) is 5.60 Å². The number of benzene rings is 1. The molecular formula is C10H14N2O3. The van der Waals surface area contributed by atoms with E-state index in [9.17, 15) is 10.1 Å². The molecule has 82 valence electrons. The van der Waals surface area contributed by atoms with E-state index in [2.05, 4.69) is 0 Å². The summed E-state index contributed by atoms with van der Waals surface area (Å²) >= 11 is 0. The van der Waals surface area contributed by atoms with Crippen LogP contribution in [0.4, 0.5) is 5.69 Å². The number of rotatable bonds is 3. The topological polar surface area (TPSA) is 78.4 Å². The van der Waals surface area contributed by atoms with Crippen LogP contribution in [0.2, 0.25) is 0 Å². The molecule has 0 aliphatic heterocycles. The molecule has 5 nitrogen and oxygen atoms in total. The zero-order chi connectivity index (χ0) is 11.6. The SMILES string of the molecule is Cc1cccc(C(C)(C)ON)c1[N+](=O)[O-]. The van der Waals surface area contributed by atoms with Gasteiger partial charge in [0.15, 0.2) is 0 Å². The molecule has 0 heterocycles. The molecule has 0 aliphatic carbocycles. The number of nitro benzene ring substituents is 1. The van der Waals surface area contributed by atoms with Gasteiger partial charge >= 0.3 is 0 Å². The number of hydrogen-bond donors (Lipinski definition) is 1. The van der Waals surface area contributed by atoms with Gasteiger partial charge in [-0.15, -0.1) is 0 Å². The van der Waals surface area contributed by atoms with Gasteiger partial charge in [-0.3, -0.25) is 15.0 Å². The van der Waals surface area contributed by atoms with Crippen molar-refractivity contribution < 1.29 is 9.76 Å². The highest BCUT2D eigenvalue weighted by Crippen LogP contribution is 2.33. The Labute approximate surface area is 88.0 Å². The predicted molar refractivity (Wildman–Crippen MR) is 56.1 cm³/mol. The van der Waals surface area contributed by atoms with Crippen molar-refractivity contribution in [3.05, 3.63) is 39.4 Å². The van der Waals surface area contributed by atoms with Gasteiger partial charge in [0.2, 0.25) is 0 Å². The number of nitrogens with zero attached hydrogens (tertiary/aromatic N) is 1. The third-order valence-corrected chi connectivity index (χ3v) is 2.36. The minimum atomic E-state index is -0.867. The second-order valence-electron chi connectivity index (χ2n) is 3.86. The second-order valence-corrected chi connectivity index (χ2v) is 3.86. The smallest absolute Gasteiger partial charge is 0.278 e. The van der Waals surface area contributed by atoms with Crippen molar-refractivity contribution in [1.29, 1.82) is 0 Å². The average molecular weight is 210 g/mol. The molecule has 0 saturated carbocycles. The standard InChI is InChI=1S/C10H14N2O3/c1-7-5-4-6-8(9(7)12(13)14)10(2,3)15-11/h4-6H,11H2,1-3H3. The van der Waals surface area contributed by atoms with Gasteiger partial charge in [0, 0.05) is 5.56 Å². The first kappa shape index (κ1) is 11.6. The molecule has 0 saturated heterocycles. The van der Waals surface area contributed by atoms with E-state index in [1.54, 1.807) is 39.0 Å². The van der Waals surface area contributed by atoms with E-state index >= 15 is 0 Å². The van der Waals surface area contributed by atoms with E-state index in [4.69, 9.17) is 10.7 Å². The highest BCUT2D eigenvalue weighted by molar-refractivity contribution is 5.49. The van der Waals surface area contributed by atoms with Gasteiger partial charge in [-0.25, -0.2) is 5.90 Å². The number of aryl methyl sites for hydroxylation is 1. The molecule has 0 aliphatic rings. The third-order valence-electron chi connectivity index (χ3n) is 2.36. The molecule has 0 radical (unpaired) electrons. The molecule has 0 amide bonds. The van der Waals surface area contributed by atoms with Gasteiger partial charge in [-0.2, -0.15) is 0 Å². The summed E-state index contributed by atoms with van der Waals surface area (Å²) in [5.74, 6) is 5.13. The fourth-order valence-corrected chi connectivity index (χ4v) is 1.45. The minimum absolute atomic E-state index is 0.0629. The van der Waals surface area contributed by atoms with E-state index in [0.29, 0.717) is 11.1 Å². The summed E-state index contributed by atoms with van der Waals surface area (Å²) in [7, 11) is 0. The van der Waals surface area contributed by atoms with Gasteiger partial charge in [-0.05, 0) is 26.8 Å². The van der Waals surface area contributed by atoms with Gasteiger partial charge in [0.05, 0.1) is 10.5 Å². The number of nitrogens with two attached hydrogens (primary N) is 1. The molecule has 5 heteroatoms. The Morgan fingerprint density at radius 1 is 1.47 bits per heavy atom. The Bertz CT molecular complexity index is 388. The second kappa shape index (κ2) is 3.96. The van der Waals surface area contributed by atoms with Crippen LogP contribution in [0.3, 0.4) is 0 Å². The molecule has 0 bridgehead atoms. The Hall–Kier alpha value is -1.46. The van der Waals surface area contributed by atoms with Gasteiger partial charge in [-0.1, -0.05) is 12.1 Å². The average Bonchev–Trinajstić information content (AvgIpc) is 2.16. The fourth-order valence-electron chi connectivity index (χ4n) is 1.45. The monoisotopic (exact) mass is 210 g/mol. The Kier molecular flexibility index (Phi) is 3.06. The van der Waals surface area contributed by atoms with Crippen LogP contribution in [0, 0.1) is 17.0 Å². The molecule has 0 aromatic heterocycles. The number of hydrogen-bond acceptors (Lipinski definition) is 4. The first-order valence-corrected chi connectivity index (χ1v) is 4.52. The number of nitro groups is 1. The molecule has 1 aromatic rings. The number of para-hydroxylation sites is 1. The molecule has 0 spiro atoms. The van der Waals surface area contributed by atoms with E-state index in [1.165, 1.54) is 0 Å². The normalized spacial score (nSPS) is 11.5. The van der Waals surface area contributed by atoms with Crippen molar-refractivity contribution in [2.45, 2.75) is 26.4 Å². The third kappa shape index (κ3) is 2.14. The van der Waals surface area contributed by atoms with Crippen molar-refractivity contribution >= 4 is 5.69 Å². The van der Waals surface area contributed by atoms with Crippen LogP contribution in [0.5, 0.6) is 0 Å². The highest BCUT2D eigenvalue weighted by Gasteiger charge is 2.30. The van der Waals surface area contributed by atoms with Crippen LogP contribution in [-0.2, 0) is 10.4 Å². The van der Waals surface area contributed by atoms with Crippen molar-refractivity contribution in [1.82, 2.24) is 0 Å². The van der Waals surface area contributed by atoms with Crippen LogP contribution in [0.1, 0.15) is 25.0 Å². The highest BCUT2D eigenvalue weighted by atomic mass is 16.6. The summed E-state index contributed by atoms with van der Waals surface area (Å²) in [5.41, 5.74) is 0.277. The zero-order valence-electron chi connectivity index (χ0n) is 8.98. The molecule has 0 unspecified atom stereocenters. The lowest BCUT2D eigenvalue weighted by Crippen LogP contribution is -2.26. The van der Waals surface area contributed by atoms with E-state index in [-0.39, 0.29) is 5.69 Å². The Morgan fingerprint density at radius 2 is 2.07 bits per heavy atom. The van der Waals surface area contributed by atoms with Gasteiger partial charge in [0.25, 0.3) is 5.69 Å². The zero-order valence-corrected chi connectivity index (χ0v) is 8.98. The molecule has 1 rings (SSSR count). The van der Waals surface area contributed by atoms with Gasteiger partial charge < -0.3 is 0 Å². The first-order chi connectivity index (χ1) is 6.90.